The first kappa shape index (κ1) is 15.3. The summed E-state index contributed by atoms with van der Waals surface area (Å²) < 4.78 is 5.76. The monoisotopic (exact) mass is 283 g/mol. The van der Waals surface area contributed by atoms with Crippen molar-refractivity contribution in [3.05, 3.63) is 0 Å². The summed E-state index contributed by atoms with van der Waals surface area (Å²) in [5.74, 6) is -0.171. The molecule has 2 saturated heterocycles. The number of rotatable bonds is 5. The fraction of sp³-hybridized carbons (Fsp3) is 0.857. The van der Waals surface area contributed by atoms with Crippen molar-refractivity contribution >= 4 is 11.9 Å². The molecule has 2 heterocycles. The van der Waals surface area contributed by atoms with Gasteiger partial charge >= 0.3 is 6.03 Å². The minimum absolute atomic E-state index is 0.0159. The van der Waals surface area contributed by atoms with E-state index in [1.165, 1.54) is 0 Å². The Bertz CT molecular complexity index is 382. The molecule has 114 valence electrons. The molecule has 0 aromatic heterocycles. The molecule has 0 saturated carbocycles. The van der Waals surface area contributed by atoms with E-state index < -0.39 is 5.54 Å². The fourth-order valence-corrected chi connectivity index (χ4v) is 3.19. The maximum Gasteiger partial charge on any atom is 0.325 e. The highest BCUT2D eigenvalue weighted by Gasteiger charge is 2.50. The lowest BCUT2D eigenvalue weighted by molar-refractivity contribution is -0.128. The van der Waals surface area contributed by atoms with Crippen LogP contribution in [0.2, 0.25) is 0 Å². The van der Waals surface area contributed by atoms with Crippen LogP contribution in [0.5, 0.6) is 0 Å². The van der Waals surface area contributed by atoms with Gasteiger partial charge in [-0.3, -0.25) is 15.0 Å². The lowest BCUT2D eigenvalue weighted by Crippen LogP contribution is -2.54. The molecule has 20 heavy (non-hydrogen) atoms. The predicted octanol–water partition coefficient (Wildman–Crippen LogP) is 0.818. The zero-order chi connectivity index (χ0) is 14.8. The molecule has 2 aliphatic rings. The Balaban J connectivity index is 2.10. The number of ether oxygens (including phenoxy) is 1. The third kappa shape index (κ3) is 2.54. The predicted molar refractivity (Wildman–Crippen MR) is 75.4 cm³/mol. The van der Waals surface area contributed by atoms with Gasteiger partial charge in [-0.2, -0.15) is 0 Å². The van der Waals surface area contributed by atoms with Crippen molar-refractivity contribution in [2.45, 2.75) is 45.3 Å². The summed E-state index contributed by atoms with van der Waals surface area (Å²) in [6.07, 6.45) is 1.24. The topological polar surface area (TPSA) is 61.9 Å². The first-order valence-corrected chi connectivity index (χ1v) is 7.54. The van der Waals surface area contributed by atoms with Gasteiger partial charge in [-0.05, 0) is 19.4 Å². The number of likely N-dealkylation sites (N-methyl/N-ethyl adjacent to an activating group) is 1. The molecule has 6 heteroatoms. The van der Waals surface area contributed by atoms with Crippen molar-refractivity contribution in [2.24, 2.45) is 0 Å². The number of nitrogens with zero attached hydrogens (tertiary/aromatic N) is 2. The second kappa shape index (κ2) is 6.10. The number of carbonyl (C=O) groups is 2. The smallest absolute Gasteiger partial charge is 0.325 e. The highest BCUT2D eigenvalue weighted by atomic mass is 16.5. The first-order chi connectivity index (χ1) is 9.57. The number of hydrogen-bond donors (Lipinski definition) is 1. The van der Waals surface area contributed by atoms with Crippen LogP contribution in [0, 0.1) is 0 Å². The van der Waals surface area contributed by atoms with Gasteiger partial charge < -0.3 is 9.64 Å². The summed E-state index contributed by atoms with van der Waals surface area (Å²) in [6.45, 7) is 9.93. The molecule has 1 atom stereocenters. The van der Waals surface area contributed by atoms with Gasteiger partial charge in [0.05, 0.1) is 19.3 Å². The van der Waals surface area contributed by atoms with Gasteiger partial charge in [0.25, 0.3) is 5.91 Å². The highest BCUT2D eigenvalue weighted by Crippen LogP contribution is 2.29. The van der Waals surface area contributed by atoms with Gasteiger partial charge in [-0.25, -0.2) is 4.79 Å². The number of urea groups is 1. The summed E-state index contributed by atoms with van der Waals surface area (Å²) in [7, 11) is 0. The van der Waals surface area contributed by atoms with E-state index in [4.69, 9.17) is 4.74 Å². The summed E-state index contributed by atoms with van der Waals surface area (Å²) in [4.78, 5) is 28.2. The maximum absolute atomic E-state index is 12.1. The van der Waals surface area contributed by atoms with E-state index in [9.17, 15) is 9.59 Å². The zero-order valence-electron chi connectivity index (χ0n) is 12.6. The largest absolute Gasteiger partial charge is 0.374 e. The fourth-order valence-electron chi connectivity index (χ4n) is 3.19. The van der Waals surface area contributed by atoms with E-state index in [0.717, 1.165) is 19.6 Å². The number of hydrogen-bond acceptors (Lipinski definition) is 4. The van der Waals surface area contributed by atoms with E-state index in [1.807, 2.05) is 13.8 Å². The van der Waals surface area contributed by atoms with E-state index in [2.05, 4.69) is 17.1 Å². The van der Waals surface area contributed by atoms with E-state index >= 15 is 0 Å². The second-order valence-corrected chi connectivity index (χ2v) is 5.49. The number of morpholine rings is 1. The second-order valence-electron chi connectivity index (χ2n) is 5.49. The summed E-state index contributed by atoms with van der Waals surface area (Å²) in [5.41, 5.74) is -0.699. The molecule has 2 rings (SSSR count). The van der Waals surface area contributed by atoms with Crippen LogP contribution in [-0.2, 0) is 9.53 Å². The van der Waals surface area contributed by atoms with Crippen molar-refractivity contribution in [3.8, 4) is 0 Å². The standard InChI is InChI=1S/C14H25N3O3/c1-4-14(5-2)12(18)15-13(19)17(14)10-11-9-16(6-3)7-8-20-11/h11H,4-10H2,1-3H3,(H,15,18,19). The Labute approximate surface area is 120 Å². The molecule has 0 aromatic rings. The van der Waals surface area contributed by atoms with Crippen LogP contribution >= 0.6 is 0 Å². The average Bonchev–Trinajstić information content (AvgIpc) is 2.70. The molecule has 0 aliphatic carbocycles. The number of imide groups is 1. The Morgan fingerprint density at radius 2 is 2.00 bits per heavy atom. The van der Waals surface area contributed by atoms with Crippen LogP contribution < -0.4 is 5.32 Å². The lowest BCUT2D eigenvalue weighted by Gasteiger charge is -2.39. The third-order valence-corrected chi connectivity index (χ3v) is 4.63. The van der Waals surface area contributed by atoms with Gasteiger partial charge in [0.2, 0.25) is 0 Å². The quantitative estimate of drug-likeness (QED) is 0.759. The molecule has 0 spiro atoms. The molecule has 0 aromatic carbocycles. The molecule has 1 N–H and O–H groups in total. The third-order valence-electron chi connectivity index (χ3n) is 4.63. The van der Waals surface area contributed by atoms with Crippen molar-refractivity contribution in [2.75, 3.05) is 32.8 Å². The van der Waals surface area contributed by atoms with Crippen LogP contribution in [0.25, 0.3) is 0 Å². The normalized spacial score (nSPS) is 26.9. The minimum Gasteiger partial charge on any atom is -0.374 e. The molecule has 1 unspecified atom stereocenters. The Morgan fingerprint density at radius 1 is 1.30 bits per heavy atom. The van der Waals surface area contributed by atoms with Gasteiger partial charge in [0, 0.05) is 13.1 Å². The van der Waals surface area contributed by atoms with Crippen molar-refractivity contribution in [1.82, 2.24) is 15.1 Å². The zero-order valence-corrected chi connectivity index (χ0v) is 12.6. The number of carbonyl (C=O) groups excluding carboxylic acids is 2. The van der Waals surface area contributed by atoms with Crippen LogP contribution in [0.3, 0.4) is 0 Å². The highest BCUT2D eigenvalue weighted by molar-refractivity contribution is 6.06. The molecule has 2 fully saturated rings. The molecular weight excluding hydrogens is 258 g/mol. The molecule has 6 nitrogen and oxygen atoms in total. The minimum atomic E-state index is -0.699. The van der Waals surface area contributed by atoms with Crippen molar-refractivity contribution in [1.29, 1.82) is 0 Å². The van der Waals surface area contributed by atoms with Gasteiger partial charge in [0.15, 0.2) is 0 Å². The first-order valence-electron chi connectivity index (χ1n) is 7.54. The maximum atomic E-state index is 12.1. The molecule has 0 bridgehead atoms. The molecular formula is C14H25N3O3. The SMILES string of the molecule is CCN1CCOC(CN2C(=O)NC(=O)C2(CC)CC)C1. The van der Waals surface area contributed by atoms with E-state index in [1.54, 1.807) is 4.90 Å². The number of nitrogens with one attached hydrogen (secondary N) is 1. The Kier molecular flexibility index (Phi) is 4.65. The van der Waals surface area contributed by atoms with Gasteiger partial charge in [-0.15, -0.1) is 0 Å². The average molecular weight is 283 g/mol. The van der Waals surface area contributed by atoms with E-state index in [0.29, 0.717) is 26.0 Å². The lowest BCUT2D eigenvalue weighted by atomic mass is 9.91. The Morgan fingerprint density at radius 3 is 2.60 bits per heavy atom. The molecule has 3 amide bonds. The van der Waals surface area contributed by atoms with Gasteiger partial charge in [-0.1, -0.05) is 20.8 Å². The van der Waals surface area contributed by atoms with Crippen molar-refractivity contribution < 1.29 is 14.3 Å². The summed E-state index contributed by atoms with van der Waals surface area (Å²) in [6, 6.07) is -0.282. The summed E-state index contributed by atoms with van der Waals surface area (Å²) >= 11 is 0. The van der Waals surface area contributed by atoms with Gasteiger partial charge in [0.1, 0.15) is 5.54 Å². The molecule has 2 aliphatic heterocycles. The molecule has 0 radical (unpaired) electrons. The Hall–Kier alpha value is -1.14. The van der Waals surface area contributed by atoms with Crippen LogP contribution in [-0.4, -0.2) is 66.2 Å². The van der Waals surface area contributed by atoms with Crippen LogP contribution in [0.15, 0.2) is 0 Å². The summed E-state index contributed by atoms with van der Waals surface area (Å²) in [5, 5.41) is 2.45. The van der Waals surface area contributed by atoms with Crippen LogP contribution in [0.1, 0.15) is 33.6 Å². The van der Waals surface area contributed by atoms with Crippen molar-refractivity contribution in [3.63, 3.8) is 0 Å². The van der Waals surface area contributed by atoms with E-state index in [-0.39, 0.29) is 18.0 Å². The number of amides is 3. The van der Waals surface area contributed by atoms with Crippen LogP contribution in [0.4, 0.5) is 4.79 Å².